The molecular formula is C15H14F3N3O. The summed E-state index contributed by atoms with van der Waals surface area (Å²) >= 11 is 0. The number of H-pyrrole nitrogens is 1. The maximum Gasteiger partial charge on any atom is 0.433 e. The number of nitrogens with zero attached hydrogens (tertiary/aromatic N) is 1. The summed E-state index contributed by atoms with van der Waals surface area (Å²) in [6.45, 7) is 0. The van der Waals surface area contributed by atoms with E-state index in [9.17, 15) is 18.0 Å². The van der Waals surface area contributed by atoms with Crippen LogP contribution in [0.2, 0.25) is 0 Å². The third kappa shape index (κ3) is 2.70. The van der Waals surface area contributed by atoms with Crippen molar-refractivity contribution in [3.8, 4) is 11.1 Å². The molecule has 22 heavy (non-hydrogen) atoms. The van der Waals surface area contributed by atoms with Crippen LogP contribution in [0.3, 0.4) is 0 Å². The fourth-order valence-corrected chi connectivity index (χ4v) is 2.41. The van der Waals surface area contributed by atoms with Gasteiger partial charge in [-0.1, -0.05) is 36.8 Å². The number of aromatic amines is 1. The van der Waals surface area contributed by atoms with E-state index in [4.69, 9.17) is 0 Å². The summed E-state index contributed by atoms with van der Waals surface area (Å²) in [4.78, 5) is 12.0. The van der Waals surface area contributed by atoms with Crippen molar-refractivity contribution in [1.82, 2.24) is 10.2 Å². The zero-order valence-corrected chi connectivity index (χ0v) is 11.6. The molecule has 0 bridgehead atoms. The van der Waals surface area contributed by atoms with Crippen LogP contribution in [0.1, 0.15) is 25.0 Å². The lowest BCUT2D eigenvalue weighted by atomic mass is 9.85. The monoisotopic (exact) mass is 309 g/mol. The van der Waals surface area contributed by atoms with Gasteiger partial charge in [0.1, 0.15) is 5.69 Å². The number of hydrogen-bond acceptors (Lipinski definition) is 2. The van der Waals surface area contributed by atoms with E-state index >= 15 is 0 Å². The van der Waals surface area contributed by atoms with E-state index in [-0.39, 0.29) is 23.2 Å². The minimum absolute atomic E-state index is 0.0737. The maximum absolute atomic E-state index is 13.1. The molecule has 0 unspecified atom stereocenters. The number of carbonyl (C=O) groups excluding carboxylic acids is 1. The molecule has 2 N–H and O–H groups in total. The van der Waals surface area contributed by atoms with Crippen LogP contribution in [0, 0.1) is 5.92 Å². The SMILES string of the molecule is O=C(Nc1n[nH]c(C(F)(F)F)c1-c1ccccc1)C1CCC1. The first kappa shape index (κ1) is 14.6. The van der Waals surface area contributed by atoms with E-state index in [1.165, 1.54) is 0 Å². The molecule has 1 amide bonds. The van der Waals surface area contributed by atoms with Gasteiger partial charge in [-0.05, 0) is 18.4 Å². The molecule has 116 valence electrons. The van der Waals surface area contributed by atoms with Crippen molar-refractivity contribution < 1.29 is 18.0 Å². The topological polar surface area (TPSA) is 57.8 Å². The third-order valence-corrected chi connectivity index (χ3v) is 3.83. The van der Waals surface area contributed by atoms with Gasteiger partial charge in [0.2, 0.25) is 5.91 Å². The van der Waals surface area contributed by atoms with E-state index in [1.807, 2.05) is 5.10 Å². The fourth-order valence-electron chi connectivity index (χ4n) is 2.41. The van der Waals surface area contributed by atoms with Crippen molar-refractivity contribution in [3.63, 3.8) is 0 Å². The molecule has 7 heteroatoms. The Balaban J connectivity index is 1.99. The van der Waals surface area contributed by atoms with Gasteiger partial charge >= 0.3 is 6.18 Å². The summed E-state index contributed by atoms with van der Waals surface area (Å²) in [5.41, 5.74) is -0.726. The van der Waals surface area contributed by atoms with Crippen molar-refractivity contribution >= 4 is 11.7 Å². The van der Waals surface area contributed by atoms with Crippen LogP contribution in [0.5, 0.6) is 0 Å². The summed E-state index contributed by atoms with van der Waals surface area (Å²) in [5, 5.41) is 8.19. The second kappa shape index (κ2) is 5.47. The number of amides is 1. The molecule has 3 rings (SSSR count). The highest BCUT2D eigenvalue weighted by atomic mass is 19.4. The highest BCUT2D eigenvalue weighted by molar-refractivity contribution is 5.96. The van der Waals surface area contributed by atoms with E-state index in [2.05, 4.69) is 10.4 Å². The Kier molecular flexibility index (Phi) is 3.64. The molecule has 1 heterocycles. The van der Waals surface area contributed by atoms with Crippen molar-refractivity contribution in [1.29, 1.82) is 0 Å². The second-order valence-corrected chi connectivity index (χ2v) is 5.30. The number of nitrogens with one attached hydrogen (secondary N) is 2. The number of alkyl halides is 3. The number of hydrogen-bond donors (Lipinski definition) is 2. The molecule has 0 radical (unpaired) electrons. The highest BCUT2D eigenvalue weighted by Crippen LogP contribution is 2.40. The summed E-state index contributed by atoms with van der Waals surface area (Å²) in [5.74, 6) is -0.478. The van der Waals surface area contributed by atoms with Crippen LogP contribution in [-0.2, 0) is 11.0 Å². The number of aromatic nitrogens is 2. The zero-order valence-electron chi connectivity index (χ0n) is 11.6. The first-order valence-electron chi connectivity index (χ1n) is 6.98. The van der Waals surface area contributed by atoms with Crippen LogP contribution in [0.25, 0.3) is 11.1 Å². The van der Waals surface area contributed by atoms with Crippen molar-refractivity contribution in [2.75, 3.05) is 5.32 Å². The Morgan fingerprint density at radius 3 is 2.45 bits per heavy atom. The Labute approximate surface area is 124 Å². The van der Waals surface area contributed by atoms with Crippen molar-refractivity contribution in [3.05, 3.63) is 36.0 Å². The smallest absolute Gasteiger partial charge is 0.308 e. The summed E-state index contributed by atoms with van der Waals surface area (Å²) in [6.07, 6.45) is -2.07. The average molecular weight is 309 g/mol. The van der Waals surface area contributed by atoms with E-state index < -0.39 is 11.9 Å². The predicted octanol–water partition coefficient (Wildman–Crippen LogP) is 3.83. The molecule has 1 saturated carbocycles. The van der Waals surface area contributed by atoms with Crippen LogP contribution in [0.4, 0.5) is 19.0 Å². The van der Waals surface area contributed by atoms with Gasteiger partial charge in [-0.2, -0.15) is 18.3 Å². The Morgan fingerprint density at radius 2 is 1.91 bits per heavy atom. The van der Waals surface area contributed by atoms with Gasteiger partial charge in [0.25, 0.3) is 0 Å². The number of benzene rings is 1. The molecule has 1 aliphatic carbocycles. The molecule has 1 aromatic heterocycles. The normalized spacial score (nSPS) is 15.4. The average Bonchev–Trinajstić information content (AvgIpc) is 2.81. The highest BCUT2D eigenvalue weighted by Gasteiger charge is 2.38. The Hall–Kier alpha value is -2.31. The molecule has 0 saturated heterocycles. The van der Waals surface area contributed by atoms with E-state index in [0.29, 0.717) is 5.56 Å². The molecule has 1 fully saturated rings. The number of anilines is 1. The lowest BCUT2D eigenvalue weighted by Crippen LogP contribution is -2.28. The number of rotatable bonds is 3. The molecule has 0 aliphatic heterocycles. The van der Waals surface area contributed by atoms with Gasteiger partial charge in [-0.3, -0.25) is 9.89 Å². The largest absolute Gasteiger partial charge is 0.433 e. The van der Waals surface area contributed by atoms with Crippen LogP contribution in [0.15, 0.2) is 30.3 Å². The first-order chi connectivity index (χ1) is 10.5. The predicted molar refractivity (Wildman–Crippen MR) is 75.0 cm³/mol. The van der Waals surface area contributed by atoms with Gasteiger partial charge in [-0.25, -0.2) is 0 Å². The van der Waals surface area contributed by atoms with Crippen LogP contribution in [-0.4, -0.2) is 16.1 Å². The molecule has 4 nitrogen and oxygen atoms in total. The van der Waals surface area contributed by atoms with Gasteiger partial charge < -0.3 is 5.32 Å². The molecule has 1 aliphatic rings. The van der Waals surface area contributed by atoms with Gasteiger partial charge in [-0.15, -0.1) is 0 Å². The minimum Gasteiger partial charge on any atom is -0.308 e. The van der Waals surface area contributed by atoms with Gasteiger partial charge in [0.15, 0.2) is 5.82 Å². The van der Waals surface area contributed by atoms with Crippen LogP contribution < -0.4 is 5.32 Å². The third-order valence-electron chi connectivity index (χ3n) is 3.83. The summed E-state index contributed by atoms with van der Waals surface area (Å²) in [7, 11) is 0. The quantitative estimate of drug-likeness (QED) is 0.905. The molecular weight excluding hydrogens is 295 g/mol. The lowest BCUT2D eigenvalue weighted by Gasteiger charge is -2.23. The fraction of sp³-hybridized carbons (Fsp3) is 0.333. The zero-order chi connectivity index (χ0) is 15.7. The van der Waals surface area contributed by atoms with Crippen molar-refractivity contribution in [2.45, 2.75) is 25.4 Å². The van der Waals surface area contributed by atoms with Gasteiger partial charge in [0, 0.05) is 5.92 Å². The Morgan fingerprint density at radius 1 is 1.23 bits per heavy atom. The molecule has 2 aromatic rings. The van der Waals surface area contributed by atoms with Crippen LogP contribution >= 0.6 is 0 Å². The van der Waals surface area contributed by atoms with E-state index in [0.717, 1.165) is 19.3 Å². The second-order valence-electron chi connectivity index (χ2n) is 5.30. The molecule has 0 spiro atoms. The Bertz CT molecular complexity index is 675. The number of carbonyl (C=O) groups is 1. The maximum atomic E-state index is 13.1. The first-order valence-corrected chi connectivity index (χ1v) is 6.98. The minimum atomic E-state index is -4.57. The summed E-state index contributed by atoms with van der Waals surface area (Å²) < 4.78 is 39.4. The molecule has 1 aromatic carbocycles. The van der Waals surface area contributed by atoms with Crippen molar-refractivity contribution in [2.24, 2.45) is 5.92 Å². The number of halogens is 3. The summed E-state index contributed by atoms with van der Waals surface area (Å²) in [6, 6.07) is 8.10. The molecule has 0 atom stereocenters. The standard InChI is InChI=1S/C15H14F3N3O/c16-15(17,18)12-11(9-5-2-1-3-6-9)13(21-20-12)19-14(22)10-7-4-8-10/h1-3,5-6,10H,4,7-8H2,(H2,19,20,21,22). The van der Waals surface area contributed by atoms with Gasteiger partial charge in [0.05, 0.1) is 5.56 Å². The van der Waals surface area contributed by atoms with E-state index in [1.54, 1.807) is 30.3 Å². The lowest BCUT2D eigenvalue weighted by molar-refractivity contribution is -0.140.